The molecule has 34 heavy (non-hydrogen) atoms. The van der Waals surface area contributed by atoms with Crippen LogP contribution in [0, 0.1) is 6.92 Å². The normalized spacial score (nSPS) is 19.4. The lowest BCUT2D eigenvalue weighted by Crippen LogP contribution is -2.28. The van der Waals surface area contributed by atoms with Crippen molar-refractivity contribution in [3.05, 3.63) is 83.1 Å². The molecule has 0 spiro atoms. The SMILES string of the molecule is CCCCN1/C(=C/C=C/C2=[N+](CCCC)c3ccccc3C2(C)C)C(C)(C)c2cc(C)ccc21. The van der Waals surface area contributed by atoms with Gasteiger partial charge in [0.25, 0.3) is 0 Å². The molecule has 0 aliphatic carbocycles. The van der Waals surface area contributed by atoms with Crippen LogP contribution in [0.1, 0.15) is 83.9 Å². The van der Waals surface area contributed by atoms with Gasteiger partial charge < -0.3 is 4.90 Å². The number of rotatable bonds is 8. The van der Waals surface area contributed by atoms with Gasteiger partial charge in [0.2, 0.25) is 5.69 Å². The molecule has 2 heterocycles. The Balaban J connectivity index is 1.75. The van der Waals surface area contributed by atoms with Crippen molar-refractivity contribution in [1.82, 2.24) is 0 Å². The van der Waals surface area contributed by atoms with Crippen LogP contribution in [-0.4, -0.2) is 23.4 Å². The van der Waals surface area contributed by atoms with Gasteiger partial charge in [-0.15, -0.1) is 0 Å². The first kappa shape index (κ1) is 24.5. The summed E-state index contributed by atoms with van der Waals surface area (Å²) in [5.41, 5.74) is 9.81. The van der Waals surface area contributed by atoms with E-state index in [4.69, 9.17) is 0 Å². The van der Waals surface area contributed by atoms with E-state index in [1.807, 2.05) is 0 Å². The molecule has 2 heteroatoms. The highest BCUT2D eigenvalue weighted by Crippen LogP contribution is 2.48. The zero-order chi connectivity index (χ0) is 24.5. The van der Waals surface area contributed by atoms with Crippen molar-refractivity contribution in [2.24, 2.45) is 0 Å². The number of anilines is 1. The average Bonchev–Trinajstić information content (AvgIpc) is 3.15. The minimum Gasteiger partial charge on any atom is -0.344 e. The maximum absolute atomic E-state index is 2.57. The molecular formula is C32H43N2+. The summed E-state index contributed by atoms with van der Waals surface area (Å²) in [6.07, 6.45) is 11.9. The third-order valence-corrected chi connectivity index (χ3v) is 7.83. The number of unbranched alkanes of at least 4 members (excludes halogenated alkanes) is 2. The molecule has 0 atom stereocenters. The molecular weight excluding hydrogens is 412 g/mol. The summed E-state index contributed by atoms with van der Waals surface area (Å²) >= 11 is 0. The van der Waals surface area contributed by atoms with Gasteiger partial charge in [-0.05, 0) is 44.9 Å². The van der Waals surface area contributed by atoms with Crippen molar-refractivity contribution in [1.29, 1.82) is 0 Å². The minimum atomic E-state index is 0.000155. The number of aryl methyl sites for hydroxylation is 1. The first-order valence-corrected chi connectivity index (χ1v) is 13.3. The highest BCUT2D eigenvalue weighted by molar-refractivity contribution is 6.03. The monoisotopic (exact) mass is 455 g/mol. The van der Waals surface area contributed by atoms with Crippen LogP contribution < -0.4 is 4.90 Å². The van der Waals surface area contributed by atoms with Gasteiger partial charge in [-0.3, -0.25) is 0 Å². The van der Waals surface area contributed by atoms with E-state index < -0.39 is 0 Å². The Morgan fingerprint density at radius 2 is 1.62 bits per heavy atom. The molecule has 0 N–H and O–H groups in total. The van der Waals surface area contributed by atoms with Crippen molar-refractivity contribution in [3.63, 3.8) is 0 Å². The first-order valence-electron chi connectivity index (χ1n) is 13.3. The van der Waals surface area contributed by atoms with Crippen LogP contribution in [0.2, 0.25) is 0 Å². The molecule has 2 aliphatic rings. The maximum Gasteiger partial charge on any atom is 0.209 e. The Labute approximate surface area is 207 Å². The van der Waals surface area contributed by atoms with Gasteiger partial charge in [-0.2, -0.15) is 4.58 Å². The Morgan fingerprint density at radius 3 is 2.35 bits per heavy atom. The Kier molecular flexibility index (Phi) is 6.90. The van der Waals surface area contributed by atoms with E-state index in [9.17, 15) is 0 Å². The molecule has 0 saturated carbocycles. The van der Waals surface area contributed by atoms with Crippen molar-refractivity contribution < 1.29 is 4.58 Å². The van der Waals surface area contributed by atoms with Gasteiger partial charge in [-0.25, -0.2) is 0 Å². The summed E-state index contributed by atoms with van der Waals surface area (Å²) in [6.45, 7) is 18.4. The van der Waals surface area contributed by atoms with Gasteiger partial charge in [0.1, 0.15) is 6.54 Å². The molecule has 180 valence electrons. The van der Waals surface area contributed by atoms with Crippen LogP contribution in [0.25, 0.3) is 0 Å². The lowest BCUT2D eigenvalue weighted by atomic mass is 9.81. The van der Waals surface area contributed by atoms with Crippen molar-refractivity contribution >= 4 is 17.1 Å². The minimum absolute atomic E-state index is 0.000155. The largest absolute Gasteiger partial charge is 0.344 e. The van der Waals surface area contributed by atoms with E-state index in [-0.39, 0.29) is 10.8 Å². The number of nitrogens with zero attached hydrogens (tertiary/aromatic N) is 2. The van der Waals surface area contributed by atoms with Crippen LogP contribution in [0.4, 0.5) is 11.4 Å². The fourth-order valence-electron chi connectivity index (χ4n) is 5.77. The third-order valence-electron chi connectivity index (χ3n) is 7.83. The zero-order valence-corrected chi connectivity index (χ0v) is 22.4. The van der Waals surface area contributed by atoms with E-state index in [2.05, 4.69) is 119 Å². The second-order valence-electron chi connectivity index (χ2n) is 11.1. The second kappa shape index (κ2) is 9.56. The van der Waals surface area contributed by atoms with Gasteiger partial charge in [0, 0.05) is 47.5 Å². The van der Waals surface area contributed by atoms with E-state index in [0.717, 1.165) is 13.1 Å². The van der Waals surface area contributed by atoms with Gasteiger partial charge in [0.15, 0.2) is 5.71 Å². The number of para-hydroxylation sites is 1. The van der Waals surface area contributed by atoms with Crippen LogP contribution in [0.15, 0.2) is 66.4 Å². The van der Waals surface area contributed by atoms with Crippen LogP contribution in [-0.2, 0) is 10.8 Å². The molecule has 2 aromatic rings. The number of hydrogen-bond donors (Lipinski definition) is 0. The highest BCUT2D eigenvalue weighted by atomic mass is 15.2. The predicted octanol–water partition coefficient (Wildman–Crippen LogP) is 8.21. The Hall–Kier alpha value is -2.61. The summed E-state index contributed by atoms with van der Waals surface area (Å²) in [6, 6.07) is 15.9. The molecule has 2 aromatic carbocycles. The standard InChI is InChI=1S/C32H43N2/c1-8-10-21-33-27-16-13-12-15-25(27)31(4,5)29(33)17-14-18-30-32(6,7)26-23-24(3)19-20-28(26)34(30)22-11-9-2/h12-20,23H,8-11,21-22H2,1-7H3/q+1. The van der Waals surface area contributed by atoms with E-state index >= 15 is 0 Å². The van der Waals surface area contributed by atoms with Gasteiger partial charge >= 0.3 is 0 Å². The summed E-state index contributed by atoms with van der Waals surface area (Å²) in [7, 11) is 0. The number of fused-ring (bicyclic) bond motifs is 2. The number of benzene rings is 2. The summed E-state index contributed by atoms with van der Waals surface area (Å²) in [5, 5.41) is 0. The summed E-state index contributed by atoms with van der Waals surface area (Å²) in [4.78, 5) is 2.57. The van der Waals surface area contributed by atoms with Crippen molar-refractivity contribution in [3.8, 4) is 0 Å². The Morgan fingerprint density at radius 1 is 0.882 bits per heavy atom. The molecule has 0 bridgehead atoms. The summed E-state index contributed by atoms with van der Waals surface area (Å²) in [5.74, 6) is 0. The second-order valence-corrected chi connectivity index (χ2v) is 11.1. The lowest BCUT2D eigenvalue weighted by Gasteiger charge is -2.27. The molecule has 0 unspecified atom stereocenters. The topological polar surface area (TPSA) is 6.25 Å². The van der Waals surface area contributed by atoms with Gasteiger partial charge in [0.05, 0.1) is 5.41 Å². The molecule has 4 rings (SSSR count). The third kappa shape index (κ3) is 4.17. The lowest BCUT2D eigenvalue weighted by molar-refractivity contribution is -0.438. The van der Waals surface area contributed by atoms with Crippen LogP contribution >= 0.6 is 0 Å². The van der Waals surface area contributed by atoms with E-state index in [0.29, 0.717) is 0 Å². The van der Waals surface area contributed by atoms with E-state index in [1.165, 1.54) is 65.2 Å². The number of hydrogen-bond acceptors (Lipinski definition) is 1. The van der Waals surface area contributed by atoms with E-state index in [1.54, 1.807) is 0 Å². The smallest absolute Gasteiger partial charge is 0.209 e. The highest BCUT2D eigenvalue weighted by Gasteiger charge is 2.44. The first-order chi connectivity index (χ1) is 16.2. The van der Waals surface area contributed by atoms with Crippen molar-refractivity contribution in [2.75, 3.05) is 18.0 Å². The van der Waals surface area contributed by atoms with Gasteiger partial charge in [-0.1, -0.05) is 82.5 Å². The number of allylic oxidation sites excluding steroid dienone is 4. The predicted molar refractivity (Wildman–Crippen MR) is 148 cm³/mol. The molecule has 2 aliphatic heterocycles. The molecule has 2 nitrogen and oxygen atoms in total. The molecule has 0 aromatic heterocycles. The molecule has 0 saturated heterocycles. The molecule has 0 fully saturated rings. The van der Waals surface area contributed by atoms with Crippen LogP contribution in [0.5, 0.6) is 0 Å². The maximum atomic E-state index is 2.57. The van der Waals surface area contributed by atoms with Crippen LogP contribution in [0.3, 0.4) is 0 Å². The Bertz CT molecular complexity index is 1140. The average molecular weight is 456 g/mol. The fraction of sp³-hybridized carbons (Fsp3) is 0.469. The molecule has 0 radical (unpaired) electrons. The van der Waals surface area contributed by atoms with Crippen molar-refractivity contribution in [2.45, 2.75) is 85.0 Å². The zero-order valence-electron chi connectivity index (χ0n) is 22.4. The fourth-order valence-corrected chi connectivity index (χ4v) is 5.77. The quantitative estimate of drug-likeness (QED) is 0.363. The molecule has 0 amide bonds. The summed E-state index contributed by atoms with van der Waals surface area (Å²) < 4.78 is 2.56.